The lowest BCUT2D eigenvalue weighted by molar-refractivity contribution is -0.310. The van der Waals surface area contributed by atoms with Gasteiger partial charge in [0.15, 0.2) is 30.7 Å². The maximum absolute atomic E-state index is 12.5. The van der Waals surface area contributed by atoms with E-state index in [2.05, 4.69) is 6.07 Å². The normalized spacial score (nSPS) is 28.7. The number of hydrogen-bond acceptors (Lipinski definition) is 10. The van der Waals surface area contributed by atoms with Crippen LogP contribution in [0.2, 0.25) is 0 Å². The second-order valence-corrected chi connectivity index (χ2v) is 7.94. The van der Waals surface area contributed by atoms with Gasteiger partial charge in [0, 0.05) is 20.8 Å². The van der Waals surface area contributed by atoms with Crippen LogP contribution in [0.25, 0.3) is 0 Å². The van der Waals surface area contributed by atoms with Gasteiger partial charge < -0.3 is 28.4 Å². The molecular weight excluding hydrogens is 436 g/mol. The molecule has 0 amide bonds. The highest BCUT2D eigenvalue weighted by Crippen LogP contribution is 2.33. The molecule has 1 aliphatic heterocycles. The summed E-state index contributed by atoms with van der Waals surface area (Å²) in [6.07, 6.45) is -5.08. The fourth-order valence-electron chi connectivity index (χ4n) is 4.16. The van der Waals surface area contributed by atoms with Crippen molar-refractivity contribution in [2.45, 2.75) is 76.8 Å². The average molecular weight is 464 g/mol. The lowest BCUT2D eigenvalue weighted by Gasteiger charge is -2.44. The van der Waals surface area contributed by atoms with Crippen molar-refractivity contribution in [2.24, 2.45) is 0 Å². The number of aryl methyl sites for hydroxylation is 1. The second-order valence-electron chi connectivity index (χ2n) is 7.94. The number of methoxy groups -OCH3 is 1. The van der Waals surface area contributed by atoms with E-state index in [0.717, 1.165) is 32.9 Å². The summed E-state index contributed by atoms with van der Waals surface area (Å²) < 4.78 is 32.8. The third kappa shape index (κ3) is 6.08. The summed E-state index contributed by atoms with van der Waals surface area (Å²) in [5, 5.41) is 0. The van der Waals surface area contributed by atoms with Crippen molar-refractivity contribution < 1.29 is 47.6 Å². The highest BCUT2D eigenvalue weighted by molar-refractivity contribution is 5.77. The molecule has 1 aromatic rings. The van der Waals surface area contributed by atoms with Crippen LogP contribution in [0.15, 0.2) is 24.3 Å². The van der Waals surface area contributed by atoms with Gasteiger partial charge in [-0.3, -0.25) is 14.4 Å². The van der Waals surface area contributed by atoms with Crippen molar-refractivity contribution in [1.82, 2.24) is 0 Å². The molecule has 1 heterocycles. The Morgan fingerprint density at radius 2 is 1.42 bits per heavy atom. The first-order valence-electron chi connectivity index (χ1n) is 10.7. The minimum Gasteiger partial charge on any atom is -0.467 e. The lowest BCUT2D eigenvalue weighted by Crippen LogP contribution is -2.64. The van der Waals surface area contributed by atoms with Gasteiger partial charge >= 0.3 is 23.9 Å². The summed E-state index contributed by atoms with van der Waals surface area (Å²) in [5.74, 6) is -3.03. The zero-order valence-electron chi connectivity index (χ0n) is 19.0. The van der Waals surface area contributed by atoms with Gasteiger partial charge in [0.25, 0.3) is 0 Å². The van der Waals surface area contributed by atoms with E-state index >= 15 is 0 Å². The van der Waals surface area contributed by atoms with E-state index in [1.165, 1.54) is 12.5 Å². The monoisotopic (exact) mass is 464 g/mol. The van der Waals surface area contributed by atoms with E-state index in [0.29, 0.717) is 12.8 Å². The lowest BCUT2D eigenvalue weighted by atomic mass is 9.89. The number of hydrogen-bond donors (Lipinski definition) is 0. The van der Waals surface area contributed by atoms with E-state index in [1.807, 2.05) is 18.2 Å². The van der Waals surface area contributed by atoms with Crippen molar-refractivity contribution >= 4 is 23.9 Å². The molecule has 0 spiro atoms. The first-order valence-corrected chi connectivity index (χ1v) is 10.7. The Bertz CT molecular complexity index is 897. The molecule has 0 bridgehead atoms. The van der Waals surface area contributed by atoms with Crippen molar-refractivity contribution in [2.75, 3.05) is 7.11 Å². The van der Waals surface area contributed by atoms with E-state index in [9.17, 15) is 19.2 Å². The van der Waals surface area contributed by atoms with Crippen LogP contribution < -0.4 is 0 Å². The number of esters is 4. The van der Waals surface area contributed by atoms with Gasteiger partial charge in [-0.2, -0.15) is 0 Å². The number of carbonyl (C=O) groups is 4. The Morgan fingerprint density at radius 3 is 2.03 bits per heavy atom. The van der Waals surface area contributed by atoms with Crippen LogP contribution >= 0.6 is 0 Å². The number of rotatable bonds is 6. The van der Waals surface area contributed by atoms with Crippen molar-refractivity contribution in [3.63, 3.8) is 0 Å². The zero-order chi connectivity index (χ0) is 24.1. The zero-order valence-corrected chi connectivity index (χ0v) is 19.0. The molecule has 2 aliphatic rings. The van der Waals surface area contributed by atoms with Gasteiger partial charge in [-0.1, -0.05) is 24.3 Å². The van der Waals surface area contributed by atoms with Crippen molar-refractivity contribution in [3.8, 4) is 0 Å². The molecule has 6 atom stereocenters. The predicted molar refractivity (Wildman–Crippen MR) is 111 cm³/mol. The molecule has 0 saturated carbocycles. The summed E-state index contributed by atoms with van der Waals surface area (Å²) in [5.41, 5.74) is 2.34. The SMILES string of the molecule is COC(=O)[C@H]1O[C@@H](O[C@H]2CCc3ccccc3C2)[C@H](OC(C)=O)[C@H](OC(C)=O)[C@@H]1OC(C)=O. The molecule has 3 rings (SSSR count). The Morgan fingerprint density at radius 1 is 0.848 bits per heavy atom. The Labute approximate surface area is 191 Å². The fourth-order valence-corrected chi connectivity index (χ4v) is 4.16. The van der Waals surface area contributed by atoms with Crippen LogP contribution in [-0.2, 0) is 60.4 Å². The Hall–Kier alpha value is -2.98. The quantitative estimate of drug-likeness (QED) is 0.449. The summed E-state index contributed by atoms with van der Waals surface area (Å²) in [7, 11) is 1.14. The fraction of sp³-hybridized carbons (Fsp3) is 0.565. The predicted octanol–water partition coefficient (Wildman–Crippen LogP) is 1.25. The van der Waals surface area contributed by atoms with Crippen LogP contribution in [0.3, 0.4) is 0 Å². The van der Waals surface area contributed by atoms with E-state index in [-0.39, 0.29) is 6.10 Å². The number of carbonyl (C=O) groups excluding carboxylic acids is 4. The van der Waals surface area contributed by atoms with Crippen LogP contribution in [0.4, 0.5) is 0 Å². The summed E-state index contributed by atoms with van der Waals surface area (Å²) in [6.45, 7) is 3.44. The van der Waals surface area contributed by atoms with Gasteiger partial charge in [0.05, 0.1) is 13.2 Å². The third-order valence-corrected chi connectivity index (χ3v) is 5.46. The third-order valence-electron chi connectivity index (χ3n) is 5.46. The molecule has 1 aromatic carbocycles. The molecule has 1 aliphatic carbocycles. The number of ether oxygens (including phenoxy) is 6. The summed E-state index contributed by atoms with van der Waals surface area (Å²) in [6, 6.07) is 7.97. The molecule has 1 fully saturated rings. The molecule has 0 N–H and O–H groups in total. The average Bonchev–Trinajstić information content (AvgIpc) is 2.76. The van der Waals surface area contributed by atoms with Crippen molar-refractivity contribution in [3.05, 3.63) is 35.4 Å². The molecule has 10 heteroatoms. The van der Waals surface area contributed by atoms with Crippen LogP contribution in [0.1, 0.15) is 38.3 Å². The Kier molecular flexibility index (Phi) is 8.04. The van der Waals surface area contributed by atoms with E-state index < -0.39 is 54.6 Å². The summed E-state index contributed by atoms with van der Waals surface area (Å²) >= 11 is 0. The van der Waals surface area contributed by atoms with Crippen molar-refractivity contribution in [1.29, 1.82) is 0 Å². The molecule has 33 heavy (non-hydrogen) atoms. The van der Waals surface area contributed by atoms with Crippen LogP contribution in [0.5, 0.6) is 0 Å². The standard InChI is InChI=1S/C23H28O10/c1-12(24)29-18-19(30-13(2)25)21(31-14(3)26)23(33-20(18)22(27)28-4)32-17-10-9-15-7-5-6-8-16(15)11-17/h5-8,17-21,23H,9-11H2,1-4H3/t17-,18-,19+,20-,21+,23+/m0/s1. The summed E-state index contributed by atoms with van der Waals surface area (Å²) in [4.78, 5) is 47.9. The van der Waals surface area contributed by atoms with Crippen LogP contribution in [-0.4, -0.2) is 67.8 Å². The first kappa shape index (κ1) is 24.7. The van der Waals surface area contributed by atoms with Crippen LogP contribution in [0, 0.1) is 0 Å². The van der Waals surface area contributed by atoms with Gasteiger partial charge in [-0.25, -0.2) is 4.79 Å². The number of benzene rings is 1. The van der Waals surface area contributed by atoms with Gasteiger partial charge in [0.1, 0.15) is 0 Å². The smallest absolute Gasteiger partial charge is 0.339 e. The minimum atomic E-state index is -1.46. The molecular formula is C23H28O10. The number of fused-ring (bicyclic) bond motifs is 1. The molecule has 10 nitrogen and oxygen atoms in total. The minimum absolute atomic E-state index is 0.315. The highest BCUT2D eigenvalue weighted by Gasteiger charge is 2.55. The first-order chi connectivity index (χ1) is 15.7. The largest absolute Gasteiger partial charge is 0.467 e. The molecule has 0 unspecified atom stereocenters. The molecule has 1 saturated heterocycles. The van der Waals surface area contributed by atoms with Gasteiger partial charge in [-0.05, 0) is 30.4 Å². The maximum atomic E-state index is 12.5. The Balaban J connectivity index is 1.92. The van der Waals surface area contributed by atoms with Gasteiger partial charge in [-0.15, -0.1) is 0 Å². The second kappa shape index (κ2) is 10.8. The van der Waals surface area contributed by atoms with E-state index in [4.69, 9.17) is 28.4 Å². The van der Waals surface area contributed by atoms with E-state index in [1.54, 1.807) is 0 Å². The highest BCUT2D eigenvalue weighted by atomic mass is 16.7. The molecule has 180 valence electrons. The van der Waals surface area contributed by atoms with Gasteiger partial charge in [0.2, 0.25) is 0 Å². The maximum Gasteiger partial charge on any atom is 0.339 e. The molecule has 0 radical (unpaired) electrons. The topological polar surface area (TPSA) is 124 Å². The molecule has 0 aromatic heterocycles.